The van der Waals surface area contributed by atoms with Crippen molar-refractivity contribution in [2.24, 2.45) is 0 Å². The van der Waals surface area contributed by atoms with E-state index in [9.17, 15) is 0 Å². The highest BCUT2D eigenvalue weighted by molar-refractivity contribution is 6.15. The van der Waals surface area contributed by atoms with Gasteiger partial charge >= 0.3 is 0 Å². The SMILES string of the molecule is c1ccc2c(c1)cn1c3cccnc3n3cc4ccccc4c3c21. The molecule has 0 aliphatic heterocycles. The Labute approximate surface area is 137 Å². The van der Waals surface area contributed by atoms with Crippen LogP contribution in [0.2, 0.25) is 0 Å². The lowest BCUT2D eigenvalue weighted by Crippen LogP contribution is -1.96. The van der Waals surface area contributed by atoms with E-state index in [0.717, 1.165) is 11.2 Å². The minimum atomic E-state index is 0.983. The first-order valence-corrected chi connectivity index (χ1v) is 8.08. The van der Waals surface area contributed by atoms with Crippen LogP contribution in [0.15, 0.2) is 79.3 Å². The molecule has 6 rings (SSSR count). The fourth-order valence-corrected chi connectivity index (χ4v) is 3.92. The van der Waals surface area contributed by atoms with Gasteiger partial charge in [-0.15, -0.1) is 0 Å². The van der Waals surface area contributed by atoms with Crippen LogP contribution in [0.1, 0.15) is 0 Å². The molecular formula is C21H13N3. The third-order valence-electron chi connectivity index (χ3n) is 4.93. The standard InChI is InChI=1S/C21H13N3/c1-3-8-16-14(6-1)12-23-18-10-5-11-22-21(18)24-13-15-7-2-4-9-17(15)20(24)19(16)23/h1-13H. The summed E-state index contributed by atoms with van der Waals surface area (Å²) in [5, 5.41) is 5.03. The van der Waals surface area contributed by atoms with Gasteiger partial charge in [0, 0.05) is 40.1 Å². The van der Waals surface area contributed by atoms with Gasteiger partial charge in [-0.3, -0.25) is 4.40 Å². The van der Waals surface area contributed by atoms with E-state index in [1.165, 1.54) is 32.6 Å². The molecule has 0 spiro atoms. The maximum absolute atomic E-state index is 4.67. The van der Waals surface area contributed by atoms with Crippen molar-refractivity contribution in [2.75, 3.05) is 0 Å². The minimum Gasteiger partial charge on any atom is -0.311 e. The maximum Gasteiger partial charge on any atom is 0.161 e. The molecule has 4 aromatic heterocycles. The van der Waals surface area contributed by atoms with Crippen LogP contribution < -0.4 is 0 Å². The zero-order valence-electron chi connectivity index (χ0n) is 12.8. The van der Waals surface area contributed by atoms with Crippen LogP contribution in [0.5, 0.6) is 0 Å². The van der Waals surface area contributed by atoms with Gasteiger partial charge in [0.05, 0.1) is 16.6 Å². The lowest BCUT2D eigenvalue weighted by molar-refractivity contribution is 1.15. The summed E-state index contributed by atoms with van der Waals surface area (Å²) in [5.74, 6) is 0. The van der Waals surface area contributed by atoms with E-state index in [1.807, 2.05) is 12.3 Å². The Morgan fingerprint density at radius 3 is 2.00 bits per heavy atom. The topological polar surface area (TPSA) is 21.7 Å². The Kier molecular flexibility index (Phi) is 2.10. The molecule has 0 radical (unpaired) electrons. The fourth-order valence-electron chi connectivity index (χ4n) is 3.92. The van der Waals surface area contributed by atoms with E-state index < -0.39 is 0 Å². The third kappa shape index (κ3) is 1.35. The van der Waals surface area contributed by atoms with Gasteiger partial charge in [0.2, 0.25) is 0 Å². The predicted molar refractivity (Wildman–Crippen MR) is 98.7 cm³/mol. The van der Waals surface area contributed by atoms with Gasteiger partial charge < -0.3 is 4.40 Å². The Morgan fingerprint density at radius 2 is 1.25 bits per heavy atom. The van der Waals surface area contributed by atoms with Crippen LogP contribution in [0.4, 0.5) is 0 Å². The third-order valence-corrected chi connectivity index (χ3v) is 4.93. The quantitative estimate of drug-likeness (QED) is 0.385. The Morgan fingerprint density at radius 1 is 0.625 bits per heavy atom. The molecule has 0 saturated carbocycles. The summed E-state index contributed by atoms with van der Waals surface area (Å²) in [6.45, 7) is 0. The number of nitrogens with zero attached hydrogens (tertiary/aromatic N) is 3. The summed E-state index contributed by atoms with van der Waals surface area (Å²) in [7, 11) is 0. The first-order valence-electron chi connectivity index (χ1n) is 8.08. The van der Waals surface area contributed by atoms with Crippen LogP contribution >= 0.6 is 0 Å². The molecule has 0 amide bonds. The van der Waals surface area contributed by atoms with Crippen molar-refractivity contribution < 1.29 is 0 Å². The van der Waals surface area contributed by atoms with Gasteiger partial charge in [-0.25, -0.2) is 4.98 Å². The summed E-state index contributed by atoms with van der Waals surface area (Å²) in [4.78, 5) is 4.67. The summed E-state index contributed by atoms with van der Waals surface area (Å²) in [6.07, 6.45) is 6.28. The first-order chi connectivity index (χ1) is 11.9. The smallest absolute Gasteiger partial charge is 0.161 e. The van der Waals surface area contributed by atoms with E-state index in [-0.39, 0.29) is 0 Å². The van der Waals surface area contributed by atoms with Gasteiger partial charge in [0.25, 0.3) is 0 Å². The molecule has 3 heteroatoms. The average Bonchev–Trinajstić information content (AvgIpc) is 3.20. The zero-order chi connectivity index (χ0) is 15.7. The highest BCUT2D eigenvalue weighted by Gasteiger charge is 2.15. The number of benzene rings is 2. The molecule has 0 aliphatic rings. The minimum absolute atomic E-state index is 0.983. The summed E-state index contributed by atoms with van der Waals surface area (Å²) >= 11 is 0. The highest BCUT2D eigenvalue weighted by Crippen LogP contribution is 2.34. The fraction of sp³-hybridized carbons (Fsp3) is 0. The summed E-state index contributed by atoms with van der Waals surface area (Å²) in [5.41, 5.74) is 4.57. The molecule has 0 saturated heterocycles. The van der Waals surface area contributed by atoms with Gasteiger partial charge in [0.1, 0.15) is 0 Å². The van der Waals surface area contributed by atoms with Crippen LogP contribution in [-0.2, 0) is 0 Å². The molecule has 24 heavy (non-hydrogen) atoms. The van der Waals surface area contributed by atoms with Crippen molar-refractivity contribution in [3.63, 3.8) is 0 Å². The molecule has 0 N–H and O–H groups in total. The second kappa shape index (κ2) is 4.15. The number of aromatic nitrogens is 3. The Bertz CT molecular complexity index is 1290. The van der Waals surface area contributed by atoms with Crippen molar-refractivity contribution in [2.45, 2.75) is 0 Å². The first kappa shape index (κ1) is 12.1. The highest BCUT2D eigenvalue weighted by atomic mass is 15.0. The van der Waals surface area contributed by atoms with E-state index in [0.29, 0.717) is 0 Å². The molecule has 0 bridgehead atoms. The molecule has 6 aromatic rings. The summed E-state index contributed by atoms with van der Waals surface area (Å²) in [6, 6.07) is 21.3. The summed E-state index contributed by atoms with van der Waals surface area (Å²) < 4.78 is 4.52. The number of hydrogen-bond donors (Lipinski definition) is 0. The van der Waals surface area contributed by atoms with Gasteiger partial charge in [0.15, 0.2) is 5.65 Å². The predicted octanol–water partition coefficient (Wildman–Crippen LogP) is 5.05. The molecule has 0 fully saturated rings. The van der Waals surface area contributed by atoms with E-state index in [4.69, 9.17) is 0 Å². The van der Waals surface area contributed by atoms with Crippen molar-refractivity contribution in [3.05, 3.63) is 79.3 Å². The number of rotatable bonds is 0. The van der Waals surface area contributed by atoms with E-state index >= 15 is 0 Å². The van der Waals surface area contributed by atoms with E-state index in [1.54, 1.807) is 0 Å². The molecule has 112 valence electrons. The lowest BCUT2D eigenvalue weighted by atomic mass is 10.1. The number of pyridine rings is 1. The monoisotopic (exact) mass is 307 g/mol. The number of hydrogen-bond acceptors (Lipinski definition) is 1. The van der Waals surface area contributed by atoms with Crippen LogP contribution in [-0.4, -0.2) is 13.8 Å². The second-order valence-corrected chi connectivity index (χ2v) is 6.22. The van der Waals surface area contributed by atoms with Crippen molar-refractivity contribution in [1.82, 2.24) is 13.8 Å². The molecule has 0 atom stereocenters. The normalized spacial score (nSPS) is 12.2. The molecule has 4 heterocycles. The Balaban J connectivity index is 2.10. The molecule has 3 nitrogen and oxygen atoms in total. The van der Waals surface area contributed by atoms with Gasteiger partial charge in [-0.1, -0.05) is 48.5 Å². The second-order valence-electron chi connectivity index (χ2n) is 6.22. The molecule has 0 unspecified atom stereocenters. The largest absolute Gasteiger partial charge is 0.311 e. The van der Waals surface area contributed by atoms with Crippen molar-refractivity contribution in [1.29, 1.82) is 0 Å². The average molecular weight is 307 g/mol. The van der Waals surface area contributed by atoms with E-state index in [2.05, 4.69) is 80.8 Å². The van der Waals surface area contributed by atoms with Crippen LogP contribution in [0.25, 0.3) is 43.7 Å². The van der Waals surface area contributed by atoms with Crippen molar-refractivity contribution >= 4 is 43.7 Å². The maximum atomic E-state index is 4.67. The Hall–Kier alpha value is -3.33. The molecule has 0 aliphatic carbocycles. The lowest BCUT2D eigenvalue weighted by Gasteiger charge is -2.07. The zero-order valence-corrected chi connectivity index (χ0v) is 12.8. The van der Waals surface area contributed by atoms with Crippen molar-refractivity contribution in [3.8, 4) is 0 Å². The molecular weight excluding hydrogens is 294 g/mol. The van der Waals surface area contributed by atoms with Crippen LogP contribution in [0, 0.1) is 0 Å². The number of fused-ring (bicyclic) bond motifs is 10. The van der Waals surface area contributed by atoms with Gasteiger partial charge in [-0.05, 0) is 12.1 Å². The van der Waals surface area contributed by atoms with Crippen LogP contribution in [0.3, 0.4) is 0 Å². The van der Waals surface area contributed by atoms with Gasteiger partial charge in [-0.2, -0.15) is 0 Å². The molecule has 2 aromatic carbocycles.